The highest BCUT2D eigenvalue weighted by Gasteiger charge is 2.31. The summed E-state index contributed by atoms with van der Waals surface area (Å²) in [6, 6.07) is 3.41. The molecule has 76 valence electrons. The van der Waals surface area contributed by atoms with Crippen molar-refractivity contribution < 1.29 is 0 Å². The molecule has 2 N–H and O–H groups in total. The molecule has 0 amide bonds. The third-order valence-electron chi connectivity index (χ3n) is 2.51. The van der Waals surface area contributed by atoms with Gasteiger partial charge in [-0.3, -0.25) is 0 Å². The number of nitrogens with two attached hydrogens (primary N) is 1. The van der Waals surface area contributed by atoms with Crippen molar-refractivity contribution in [2.24, 2.45) is 11.7 Å². The first-order valence-electron chi connectivity index (χ1n) is 4.49. The van der Waals surface area contributed by atoms with E-state index in [9.17, 15) is 0 Å². The van der Waals surface area contributed by atoms with Gasteiger partial charge >= 0.3 is 0 Å². The second kappa shape index (κ2) is 3.90. The maximum Gasteiger partial charge on any atom is 0.0641 e. The minimum absolute atomic E-state index is 0.0290. The maximum absolute atomic E-state index is 6.06. The predicted octanol–water partition coefficient (Wildman–Crippen LogP) is 4.06. The zero-order valence-corrected chi connectivity index (χ0v) is 9.70. The van der Waals surface area contributed by atoms with Gasteiger partial charge in [0.15, 0.2) is 0 Å². The van der Waals surface area contributed by atoms with E-state index < -0.39 is 0 Å². The molecule has 1 aliphatic carbocycles. The highest BCUT2D eigenvalue weighted by Crippen LogP contribution is 2.43. The largest absolute Gasteiger partial charge is 0.324 e. The molecule has 0 saturated heterocycles. The predicted molar refractivity (Wildman–Crippen MR) is 61.1 cm³/mol. The summed E-state index contributed by atoms with van der Waals surface area (Å²) in [5.41, 5.74) is 6.90. The van der Waals surface area contributed by atoms with E-state index in [0.717, 1.165) is 5.56 Å². The second-order valence-corrected chi connectivity index (χ2v) is 4.88. The summed E-state index contributed by atoms with van der Waals surface area (Å²) < 4.78 is 0. The Morgan fingerprint density at radius 3 is 2.43 bits per heavy atom. The van der Waals surface area contributed by atoms with E-state index in [1.807, 2.05) is 0 Å². The van der Waals surface area contributed by atoms with Crippen molar-refractivity contribution in [1.82, 2.24) is 0 Å². The molecule has 1 aliphatic rings. The Morgan fingerprint density at radius 1 is 1.21 bits per heavy atom. The molecule has 0 heterocycles. The summed E-state index contributed by atoms with van der Waals surface area (Å²) in [7, 11) is 0. The van der Waals surface area contributed by atoms with Crippen LogP contribution in [-0.2, 0) is 0 Å². The lowest BCUT2D eigenvalue weighted by atomic mass is 10.0. The van der Waals surface area contributed by atoms with Crippen molar-refractivity contribution in [2.75, 3.05) is 0 Å². The van der Waals surface area contributed by atoms with Crippen LogP contribution in [0.2, 0.25) is 15.1 Å². The fourth-order valence-corrected chi connectivity index (χ4v) is 2.27. The Balaban J connectivity index is 2.39. The van der Waals surface area contributed by atoms with E-state index in [1.54, 1.807) is 12.1 Å². The zero-order valence-electron chi connectivity index (χ0n) is 7.43. The molecule has 0 aliphatic heterocycles. The standard InChI is InChI=1S/C10H10Cl3N/c11-6-3-7(9(13)8(12)4-6)10(14)5-1-2-5/h3-5,10H,1-2,14H2/t10-/m1/s1. The van der Waals surface area contributed by atoms with E-state index in [2.05, 4.69) is 0 Å². The molecule has 14 heavy (non-hydrogen) atoms. The Kier molecular flexibility index (Phi) is 2.94. The number of hydrogen-bond donors (Lipinski definition) is 1. The number of benzene rings is 1. The molecule has 1 aromatic rings. The quantitative estimate of drug-likeness (QED) is 0.787. The highest BCUT2D eigenvalue weighted by molar-refractivity contribution is 6.43. The fourth-order valence-electron chi connectivity index (χ4n) is 1.53. The van der Waals surface area contributed by atoms with E-state index in [-0.39, 0.29) is 6.04 Å². The number of hydrogen-bond acceptors (Lipinski definition) is 1. The monoisotopic (exact) mass is 249 g/mol. The van der Waals surface area contributed by atoms with Crippen LogP contribution in [0.5, 0.6) is 0 Å². The van der Waals surface area contributed by atoms with Crippen LogP contribution in [0.1, 0.15) is 24.4 Å². The van der Waals surface area contributed by atoms with Gasteiger partial charge in [-0.2, -0.15) is 0 Å². The van der Waals surface area contributed by atoms with Crippen LogP contribution in [-0.4, -0.2) is 0 Å². The van der Waals surface area contributed by atoms with Gasteiger partial charge in [-0.05, 0) is 36.5 Å². The third kappa shape index (κ3) is 2.01. The Morgan fingerprint density at radius 2 is 1.86 bits per heavy atom. The van der Waals surface area contributed by atoms with Crippen molar-refractivity contribution in [3.63, 3.8) is 0 Å². The van der Waals surface area contributed by atoms with Gasteiger partial charge in [0.25, 0.3) is 0 Å². The van der Waals surface area contributed by atoms with E-state index in [4.69, 9.17) is 40.5 Å². The van der Waals surface area contributed by atoms with E-state index >= 15 is 0 Å². The van der Waals surface area contributed by atoms with Crippen molar-refractivity contribution in [3.8, 4) is 0 Å². The number of halogens is 3. The third-order valence-corrected chi connectivity index (χ3v) is 3.54. The van der Waals surface area contributed by atoms with Crippen molar-refractivity contribution in [3.05, 3.63) is 32.8 Å². The van der Waals surface area contributed by atoms with Gasteiger partial charge in [-0.25, -0.2) is 0 Å². The smallest absolute Gasteiger partial charge is 0.0641 e. The summed E-state index contributed by atoms with van der Waals surface area (Å²) in [4.78, 5) is 0. The lowest BCUT2D eigenvalue weighted by Crippen LogP contribution is -2.13. The number of rotatable bonds is 2. The van der Waals surface area contributed by atoms with Crippen LogP contribution >= 0.6 is 34.8 Å². The fraction of sp³-hybridized carbons (Fsp3) is 0.400. The molecule has 1 nitrogen and oxygen atoms in total. The first kappa shape index (κ1) is 10.6. The molecule has 0 radical (unpaired) electrons. The lowest BCUT2D eigenvalue weighted by molar-refractivity contribution is 0.634. The van der Waals surface area contributed by atoms with Crippen molar-refractivity contribution in [2.45, 2.75) is 18.9 Å². The van der Waals surface area contributed by atoms with Crippen LogP contribution in [0.15, 0.2) is 12.1 Å². The zero-order chi connectivity index (χ0) is 10.3. The molecule has 1 fully saturated rings. The molecule has 0 unspecified atom stereocenters. The van der Waals surface area contributed by atoms with Crippen LogP contribution in [0, 0.1) is 5.92 Å². The van der Waals surface area contributed by atoms with Crippen molar-refractivity contribution >= 4 is 34.8 Å². The molecule has 0 bridgehead atoms. The topological polar surface area (TPSA) is 26.0 Å². The molecule has 0 aromatic heterocycles. The van der Waals surface area contributed by atoms with Crippen LogP contribution in [0.3, 0.4) is 0 Å². The van der Waals surface area contributed by atoms with Gasteiger partial charge in [0.2, 0.25) is 0 Å². The molecular weight excluding hydrogens is 240 g/mol. The Hall–Kier alpha value is 0.0500. The molecule has 1 aromatic carbocycles. The molecular formula is C10H10Cl3N. The first-order valence-corrected chi connectivity index (χ1v) is 5.63. The van der Waals surface area contributed by atoms with E-state index in [1.165, 1.54) is 12.8 Å². The lowest BCUT2D eigenvalue weighted by Gasteiger charge is -2.13. The summed E-state index contributed by atoms with van der Waals surface area (Å²) in [6.07, 6.45) is 2.34. The van der Waals surface area contributed by atoms with Gasteiger partial charge in [-0.1, -0.05) is 34.8 Å². The van der Waals surface area contributed by atoms with Gasteiger partial charge in [0, 0.05) is 11.1 Å². The van der Waals surface area contributed by atoms with Crippen LogP contribution < -0.4 is 5.73 Å². The van der Waals surface area contributed by atoms with Crippen LogP contribution in [0.25, 0.3) is 0 Å². The van der Waals surface area contributed by atoms with Gasteiger partial charge in [0.1, 0.15) is 0 Å². The minimum atomic E-state index is -0.0290. The molecule has 1 atom stereocenters. The normalized spacial score (nSPS) is 18.3. The Labute approximate surface area is 98.1 Å². The van der Waals surface area contributed by atoms with Gasteiger partial charge in [0.05, 0.1) is 10.0 Å². The maximum atomic E-state index is 6.06. The van der Waals surface area contributed by atoms with Gasteiger partial charge in [-0.15, -0.1) is 0 Å². The average Bonchev–Trinajstić information content (AvgIpc) is 2.93. The molecule has 2 rings (SSSR count). The summed E-state index contributed by atoms with van der Waals surface area (Å²) in [5, 5.41) is 1.60. The first-order chi connectivity index (χ1) is 6.59. The minimum Gasteiger partial charge on any atom is -0.324 e. The molecule has 1 saturated carbocycles. The summed E-state index contributed by atoms with van der Waals surface area (Å²) in [6.45, 7) is 0. The molecule has 0 spiro atoms. The van der Waals surface area contributed by atoms with Gasteiger partial charge < -0.3 is 5.73 Å². The summed E-state index contributed by atoms with van der Waals surface area (Å²) in [5.74, 6) is 0.544. The highest BCUT2D eigenvalue weighted by atomic mass is 35.5. The average molecular weight is 251 g/mol. The molecule has 4 heteroatoms. The Bertz CT molecular complexity index is 361. The van der Waals surface area contributed by atoms with E-state index in [0.29, 0.717) is 21.0 Å². The summed E-state index contributed by atoms with van der Waals surface area (Å²) >= 11 is 17.9. The van der Waals surface area contributed by atoms with Crippen LogP contribution in [0.4, 0.5) is 0 Å². The van der Waals surface area contributed by atoms with Crippen molar-refractivity contribution in [1.29, 1.82) is 0 Å². The SMILES string of the molecule is N[C@@H](c1cc(Cl)cc(Cl)c1Cl)C1CC1. The second-order valence-electron chi connectivity index (χ2n) is 3.65.